The summed E-state index contributed by atoms with van der Waals surface area (Å²) in [5, 5.41) is 3.69. The van der Waals surface area contributed by atoms with Gasteiger partial charge < -0.3 is 23.9 Å². The van der Waals surface area contributed by atoms with E-state index in [1.165, 1.54) is 0 Å². The van der Waals surface area contributed by atoms with E-state index in [0.717, 1.165) is 10.9 Å². The number of carbonyl (C=O) groups excluding carboxylic acids is 1. The maximum Gasteiger partial charge on any atom is 0.287 e. The highest BCUT2D eigenvalue weighted by molar-refractivity contribution is 5.97. The van der Waals surface area contributed by atoms with Crippen LogP contribution >= 0.6 is 0 Å². The molecule has 0 aliphatic heterocycles. The van der Waals surface area contributed by atoms with Crippen LogP contribution in [0.4, 0.5) is 0 Å². The molecule has 3 rings (SSSR count). The standard InChI is InChI=1S/C20H21NO5/c1-23-15-8-7-13(11-17(15)25-3)9-10-21-20(22)18-12-14-5-4-6-16(24-2)19(14)26-18/h4-8,11-12H,9-10H2,1-3H3,(H,21,22). The van der Waals surface area contributed by atoms with E-state index in [1.54, 1.807) is 33.5 Å². The van der Waals surface area contributed by atoms with Gasteiger partial charge in [0.05, 0.1) is 21.3 Å². The number of ether oxygens (including phenoxy) is 3. The Balaban J connectivity index is 1.64. The van der Waals surface area contributed by atoms with Gasteiger partial charge in [-0.15, -0.1) is 0 Å². The van der Waals surface area contributed by atoms with Gasteiger partial charge in [-0.1, -0.05) is 18.2 Å². The van der Waals surface area contributed by atoms with Crippen molar-refractivity contribution in [3.63, 3.8) is 0 Å². The summed E-state index contributed by atoms with van der Waals surface area (Å²) in [5.41, 5.74) is 1.61. The fourth-order valence-corrected chi connectivity index (χ4v) is 2.75. The molecule has 0 saturated heterocycles. The molecule has 1 amide bonds. The first-order valence-electron chi connectivity index (χ1n) is 8.22. The predicted molar refractivity (Wildman–Crippen MR) is 98.3 cm³/mol. The van der Waals surface area contributed by atoms with Crippen LogP contribution in [0.15, 0.2) is 46.9 Å². The van der Waals surface area contributed by atoms with Crippen molar-refractivity contribution < 1.29 is 23.4 Å². The number of fused-ring (bicyclic) bond motifs is 1. The highest BCUT2D eigenvalue weighted by Gasteiger charge is 2.14. The zero-order valence-electron chi connectivity index (χ0n) is 15.0. The first kappa shape index (κ1) is 17.7. The Kier molecular flexibility index (Phi) is 5.31. The fourth-order valence-electron chi connectivity index (χ4n) is 2.75. The molecule has 0 atom stereocenters. The van der Waals surface area contributed by atoms with Gasteiger partial charge in [-0.25, -0.2) is 0 Å². The molecule has 0 aliphatic rings. The highest BCUT2D eigenvalue weighted by atomic mass is 16.5. The van der Waals surface area contributed by atoms with E-state index in [4.69, 9.17) is 18.6 Å². The first-order chi connectivity index (χ1) is 12.7. The highest BCUT2D eigenvalue weighted by Crippen LogP contribution is 2.29. The average molecular weight is 355 g/mol. The lowest BCUT2D eigenvalue weighted by molar-refractivity contribution is 0.0928. The van der Waals surface area contributed by atoms with Crippen molar-refractivity contribution in [1.82, 2.24) is 5.32 Å². The second-order valence-electron chi connectivity index (χ2n) is 5.68. The third kappa shape index (κ3) is 3.59. The number of benzene rings is 2. The van der Waals surface area contributed by atoms with Gasteiger partial charge in [0.15, 0.2) is 28.6 Å². The van der Waals surface area contributed by atoms with E-state index in [1.807, 2.05) is 30.3 Å². The topological polar surface area (TPSA) is 69.9 Å². The van der Waals surface area contributed by atoms with Gasteiger partial charge in [0, 0.05) is 11.9 Å². The van der Waals surface area contributed by atoms with Crippen LogP contribution in [0.1, 0.15) is 16.1 Å². The van der Waals surface area contributed by atoms with E-state index < -0.39 is 0 Å². The van der Waals surface area contributed by atoms with Gasteiger partial charge in [0.2, 0.25) is 0 Å². The molecule has 6 heteroatoms. The molecule has 1 aromatic heterocycles. The third-order valence-electron chi connectivity index (χ3n) is 4.10. The summed E-state index contributed by atoms with van der Waals surface area (Å²) in [6, 6.07) is 12.9. The van der Waals surface area contributed by atoms with Gasteiger partial charge in [-0.05, 0) is 36.2 Å². The Labute approximate surface area is 151 Å². The minimum absolute atomic E-state index is 0.260. The predicted octanol–water partition coefficient (Wildman–Crippen LogP) is 3.43. The molecule has 6 nitrogen and oxygen atoms in total. The van der Waals surface area contributed by atoms with Crippen LogP contribution in [0, 0.1) is 0 Å². The zero-order chi connectivity index (χ0) is 18.5. The van der Waals surface area contributed by atoms with E-state index in [0.29, 0.717) is 35.8 Å². The van der Waals surface area contributed by atoms with Gasteiger partial charge in [-0.3, -0.25) is 4.79 Å². The number of para-hydroxylation sites is 1. The second-order valence-corrected chi connectivity index (χ2v) is 5.68. The summed E-state index contributed by atoms with van der Waals surface area (Å²) >= 11 is 0. The minimum atomic E-state index is -0.260. The zero-order valence-corrected chi connectivity index (χ0v) is 15.0. The van der Waals surface area contributed by atoms with Gasteiger partial charge in [0.1, 0.15) is 0 Å². The summed E-state index contributed by atoms with van der Waals surface area (Å²) in [4.78, 5) is 12.3. The smallest absolute Gasteiger partial charge is 0.287 e. The fraction of sp³-hybridized carbons (Fsp3) is 0.250. The van der Waals surface area contributed by atoms with Crippen molar-refractivity contribution in [2.24, 2.45) is 0 Å². The molecule has 0 bridgehead atoms. The van der Waals surface area contributed by atoms with Crippen molar-refractivity contribution >= 4 is 16.9 Å². The molecule has 1 heterocycles. The Hall–Kier alpha value is -3.15. The quantitative estimate of drug-likeness (QED) is 0.703. The van der Waals surface area contributed by atoms with Crippen molar-refractivity contribution in [3.8, 4) is 17.2 Å². The number of furan rings is 1. The van der Waals surface area contributed by atoms with E-state index in [9.17, 15) is 4.79 Å². The van der Waals surface area contributed by atoms with Crippen molar-refractivity contribution in [2.45, 2.75) is 6.42 Å². The number of nitrogens with one attached hydrogen (secondary N) is 1. The number of rotatable bonds is 7. The Morgan fingerprint density at radius 2 is 1.73 bits per heavy atom. The van der Waals surface area contributed by atoms with Gasteiger partial charge >= 0.3 is 0 Å². The molecule has 0 aliphatic carbocycles. The molecule has 0 saturated carbocycles. The molecule has 0 spiro atoms. The number of hydrogen-bond acceptors (Lipinski definition) is 5. The number of amides is 1. The van der Waals surface area contributed by atoms with Crippen molar-refractivity contribution in [1.29, 1.82) is 0 Å². The van der Waals surface area contributed by atoms with Crippen LogP contribution in [0.5, 0.6) is 17.2 Å². The lowest BCUT2D eigenvalue weighted by Gasteiger charge is -2.09. The van der Waals surface area contributed by atoms with Crippen LogP contribution in [0.3, 0.4) is 0 Å². The molecule has 3 aromatic rings. The molecular weight excluding hydrogens is 334 g/mol. The van der Waals surface area contributed by atoms with Crippen LogP contribution in [0.25, 0.3) is 11.0 Å². The molecule has 136 valence electrons. The normalized spacial score (nSPS) is 10.6. The lowest BCUT2D eigenvalue weighted by atomic mass is 10.1. The van der Waals surface area contributed by atoms with E-state index >= 15 is 0 Å². The number of hydrogen-bond donors (Lipinski definition) is 1. The summed E-state index contributed by atoms with van der Waals surface area (Å²) in [6.07, 6.45) is 0.662. The SMILES string of the molecule is COc1ccc(CCNC(=O)c2cc3cccc(OC)c3o2)cc1OC. The molecule has 1 N–H and O–H groups in total. The summed E-state index contributed by atoms with van der Waals surface area (Å²) in [7, 11) is 4.76. The summed E-state index contributed by atoms with van der Waals surface area (Å²) in [6.45, 7) is 0.475. The van der Waals surface area contributed by atoms with E-state index in [2.05, 4.69) is 5.32 Å². The molecule has 26 heavy (non-hydrogen) atoms. The Morgan fingerprint density at radius 3 is 2.46 bits per heavy atom. The summed E-state index contributed by atoms with van der Waals surface area (Å²) < 4.78 is 21.4. The first-order valence-corrected chi connectivity index (χ1v) is 8.22. The molecule has 0 fully saturated rings. The van der Waals surface area contributed by atoms with Crippen LogP contribution in [0.2, 0.25) is 0 Å². The van der Waals surface area contributed by atoms with Crippen molar-refractivity contribution in [3.05, 3.63) is 53.8 Å². The van der Waals surface area contributed by atoms with Crippen LogP contribution < -0.4 is 19.5 Å². The van der Waals surface area contributed by atoms with Crippen LogP contribution in [-0.2, 0) is 6.42 Å². The minimum Gasteiger partial charge on any atom is -0.493 e. The van der Waals surface area contributed by atoms with Crippen LogP contribution in [-0.4, -0.2) is 33.8 Å². The molecule has 0 unspecified atom stereocenters. The lowest BCUT2D eigenvalue weighted by Crippen LogP contribution is -2.25. The molecule has 2 aromatic carbocycles. The maximum atomic E-state index is 12.3. The van der Waals surface area contributed by atoms with E-state index in [-0.39, 0.29) is 11.7 Å². The Bertz CT molecular complexity index is 916. The van der Waals surface area contributed by atoms with Crippen molar-refractivity contribution in [2.75, 3.05) is 27.9 Å². The maximum absolute atomic E-state index is 12.3. The Morgan fingerprint density at radius 1 is 0.962 bits per heavy atom. The second kappa shape index (κ2) is 7.82. The molecular formula is C20H21NO5. The summed E-state index contributed by atoms with van der Waals surface area (Å²) in [5.74, 6) is 1.95. The monoisotopic (exact) mass is 355 g/mol. The molecule has 0 radical (unpaired) electrons. The third-order valence-corrected chi connectivity index (χ3v) is 4.10. The van der Waals surface area contributed by atoms with Gasteiger partial charge in [-0.2, -0.15) is 0 Å². The number of carbonyl (C=O) groups is 1. The number of methoxy groups -OCH3 is 3. The largest absolute Gasteiger partial charge is 0.493 e. The average Bonchev–Trinajstić information content (AvgIpc) is 3.12. The van der Waals surface area contributed by atoms with Gasteiger partial charge in [0.25, 0.3) is 5.91 Å².